The summed E-state index contributed by atoms with van der Waals surface area (Å²) < 4.78 is 5.79. The molecule has 0 aliphatic carbocycles. The van der Waals surface area contributed by atoms with E-state index < -0.39 is 0 Å². The molecule has 4 nitrogen and oxygen atoms in total. The van der Waals surface area contributed by atoms with Gasteiger partial charge in [0.05, 0.1) is 6.61 Å². The predicted octanol–water partition coefficient (Wildman–Crippen LogP) is 4.19. The number of benzene rings is 2. The highest BCUT2D eigenvalue weighted by Gasteiger charge is 2.23. The van der Waals surface area contributed by atoms with E-state index in [4.69, 9.17) is 10.5 Å². The number of nitrogen functional groups attached to an aromatic ring is 1. The van der Waals surface area contributed by atoms with Gasteiger partial charge < -0.3 is 15.4 Å². The first-order valence-electron chi connectivity index (χ1n) is 9.34. The number of rotatable bonds is 4. The average molecular weight is 410 g/mol. The molecular weight excluding hydrogens is 381 g/mol. The zero-order chi connectivity index (χ0) is 17.1. The molecule has 148 valence electrons. The summed E-state index contributed by atoms with van der Waals surface area (Å²) in [6.45, 7) is 6.48. The highest BCUT2D eigenvalue weighted by Crippen LogP contribution is 2.35. The second kappa shape index (κ2) is 10.1. The minimum absolute atomic E-state index is 0. The van der Waals surface area contributed by atoms with Crippen molar-refractivity contribution in [2.75, 3.05) is 50.0 Å². The van der Waals surface area contributed by atoms with Crippen molar-refractivity contribution in [3.05, 3.63) is 54.1 Å². The number of fused-ring (bicyclic) bond motifs is 1. The van der Waals surface area contributed by atoms with Gasteiger partial charge in [0.25, 0.3) is 0 Å². The Morgan fingerprint density at radius 2 is 1.63 bits per heavy atom. The van der Waals surface area contributed by atoms with Crippen LogP contribution in [0.25, 0.3) is 0 Å². The molecule has 0 radical (unpaired) electrons. The Morgan fingerprint density at radius 3 is 2.37 bits per heavy atom. The van der Waals surface area contributed by atoms with Crippen molar-refractivity contribution in [2.45, 2.75) is 18.8 Å². The number of anilines is 2. The van der Waals surface area contributed by atoms with Crippen molar-refractivity contribution in [3.8, 4) is 5.75 Å². The third-order valence-corrected chi connectivity index (χ3v) is 5.51. The molecule has 2 heterocycles. The molecule has 2 aromatic rings. The average Bonchev–Trinajstić information content (AvgIpc) is 2.67. The van der Waals surface area contributed by atoms with Gasteiger partial charge in [0.1, 0.15) is 5.75 Å². The lowest BCUT2D eigenvalue weighted by molar-refractivity contribution is 0.223. The normalized spacial score (nSPS) is 19.3. The van der Waals surface area contributed by atoms with Crippen molar-refractivity contribution in [3.63, 3.8) is 0 Å². The summed E-state index contributed by atoms with van der Waals surface area (Å²) in [6, 6.07) is 16.8. The number of para-hydroxylation sites is 1. The van der Waals surface area contributed by atoms with Crippen molar-refractivity contribution >= 4 is 36.2 Å². The van der Waals surface area contributed by atoms with Crippen LogP contribution >= 0.6 is 24.8 Å². The zero-order valence-electron chi connectivity index (χ0n) is 15.5. The van der Waals surface area contributed by atoms with Gasteiger partial charge >= 0.3 is 0 Å². The Balaban J connectivity index is 0.00000131. The van der Waals surface area contributed by atoms with Crippen LogP contribution in [0.15, 0.2) is 48.5 Å². The summed E-state index contributed by atoms with van der Waals surface area (Å²) in [4.78, 5) is 5.06. The number of nitrogens with two attached hydrogens (primary N) is 1. The van der Waals surface area contributed by atoms with Gasteiger partial charge in [-0.2, -0.15) is 0 Å². The van der Waals surface area contributed by atoms with Crippen LogP contribution in [0.1, 0.15) is 24.3 Å². The second-order valence-corrected chi connectivity index (χ2v) is 7.08. The van der Waals surface area contributed by atoms with Crippen LogP contribution in [0.4, 0.5) is 11.4 Å². The molecule has 2 aromatic carbocycles. The van der Waals surface area contributed by atoms with E-state index in [1.165, 1.54) is 24.2 Å². The first kappa shape index (κ1) is 21.7. The molecule has 1 saturated heterocycles. The molecule has 0 spiro atoms. The minimum Gasteiger partial charge on any atom is -0.493 e. The molecule has 1 atom stereocenters. The number of halogens is 2. The number of hydrogen-bond donors (Lipinski definition) is 1. The predicted molar refractivity (Wildman–Crippen MR) is 118 cm³/mol. The Bertz CT molecular complexity index is 703. The Morgan fingerprint density at radius 1 is 0.926 bits per heavy atom. The fraction of sp³-hybridized carbons (Fsp3) is 0.429. The van der Waals surface area contributed by atoms with Gasteiger partial charge in [0.15, 0.2) is 0 Å². The molecule has 2 aliphatic rings. The minimum atomic E-state index is 0. The van der Waals surface area contributed by atoms with Crippen molar-refractivity contribution in [1.82, 2.24) is 4.90 Å². The summed E-state index contributed by atoms with van der Waals surface area (Å²) in [5.74, 6) is 1.73. The standard InChI is InChI=1S/C21H27N3O.2ClH/c22-18-5-7-19(8-6-18)24-14-12-23(13-15-24)11-9-17-10-16-25-21-4-2-1-3-20(17)21;;/h1-8,17H,9-16,22H2;2*1H. The fourth-order valence-corrected chi connectivity index (χ4v) is 3.97. The molecular formula is C21H29Cl2N3O. The number of hydrogen-bond acceptors (Lipinski definition) is 4. The molecule has 0 bridgehead atoms. The first-order chi connectivity index (χ1) is 12.3. The maximum atomic E-state index is 5.79. The van der Waals surface area contributed by atoms with Gasteiger partial charge in [0.2, 0.25) is 0 Å². The van der Waals surface area contributed by atoms with E-state index in [2.05, 4.69) is 46.2 Å². The summed E-state index contributed by atoms with van der Waals surface area (Å²) in [5, 5.41) is 0. The monoisotopic (exact) mass is 409 g/mol. The maximum absolute atomic E-state index is 5.79. The van der Waals surface area contributed by atoms with Crippen LogP contribution in [-0.4, -0.2) is 44.2 Å². The van der Waals surface area contributed by atoms with E-state index in [-0.39, 0.29) is 24.8 Å². The van der Waals surface area contributed by atoms with E-state index >= 15 is 0 Å². The third kappa shape index (κ3) is 5.22. The highest BCUT2D eigenvalue weighted by atomic mass is 35.5. The van der Waals surface area contributed by atoms with Gasteiger partial charge in [0, 0.05) is 37.6 Å². The van der Waals surface area contributed by atoms with Crippen molar-refractivity contribution in [1.29, 1.82) is 0 Å². The van der Waals surface area contributed by atoms with Gasteiger partial charge in [-0.15, -0.1) is 24.8 Å². The van der Waals surface area contributed by atoms with Crippen LogP contribution in [0.2, 0.25) is 0 Å². The second-order valence-electron chi connectivity index (χ2n) is 7.08. The van der Waals surface area contributed by atoms with Gasteiger partial charge in [-0.05, 0) is 61.2 Å². The molecule has 4 rings (SSSR count). The lowest BCUT2D eigenvalue weighted by atomic mass is 9.90. The van der Waals surface area contributed by atoms with Crippen LogP contribution < -0.4 is 15.4 Å². The topological polar surface area (TPSA) is 41.7 Å². The van der Waals surface area contributed by atoms with E-state index in [1.54, 1.807) is 0 Å². The summed E-state index contributed by atoms with van der Waals surface area (Å²) in [6.07, 6.45) is 2.37. The van der Waals surface area contributed by atoms with E-state index in [0.29, 0.717) is 5.92 Å². The lowest BCUT2D eigenvalue weighted by Gasteiger charge is -2.37. The molecule has 0 aromatic heterocycles. The Kier molecular flexibility index (Phi) is 8.08. The molecule has 0 amide bonds. The van der Waals surface area contributed by atoms with Crippen LogP contribution in [-0.2, 0) is 0 Å². The van der Waals surface area contributed by atoms with Gasteiger partial charge in [-0.25, -0.2) is 0 Å². The molecule has 1 unspecified atom stereocenters. The molecule has 2 N–H and O–H groups in total. The quantitative estimate of drug-likeness (QED) is 0.768. The summed E-state index contributed by atoms with van der Waals surface area (Å²) in [7, 11) is 0. The molecule has 2 aliphatic heterocycles. The van der Waals surface area contributed by atoms with E-state index in [0.717, 1.165) is 50.6 Å². The maximum Gasteiger partial charge on any atom is 0.122 e. The van der Waals surface area contributed by atoms with E-state index in [1.807, 2.05) is 12.1 Å². The molecule has 6 heteroatoms. The lowest BCUT2D eigenvalue weighted by Crippen LogP contribution is -2.46. The summed E-state index contributed by atoms with van der Waals surface area (Å²) in [5.41, 5.74) is 9.30. The highest BCUT2D eigenvalue weighted by molar-refractivity contribution is 5.85. The van der Waals surface area contributed by atoms with Crippen LogP contribution in [0.5, 0.6) is 5.75 Å². The smallest absolute Gasteiger partial charge is 0.122 e. The molecule has 27 heavy (non-hydrogen) atoms. The van der Waals surface area contributed by atoms with Gasteiger partial charge in [-0.3, -0.25) is 4.90 Å². The zero-order valence-corrected chi connectivity index (χ0v) is 17.2. The Hall–Kier alpha value is -1.62. The van der Waals surface area contributed by atoms with Gasteiger partial charge in [-0.1, -0.05) is 18.2 Å². The number of piperazine rings is 1. The first-order valence-corrected chi connectivity index (χ1v) is 9.34. The largest absolute Gasteiger partial charge is 0.493 e. The number of ether oxygens (including phenoxy) is 1. The van der Waals surface area contributed by atoms with Crippen LogP contribution in [0.3, 0.4) is 0 Å². The van der Waals surface area contributed by atoms with Crippen molar-refractivity contribution in [2.24, 2.45) is 0 Å². The third-order valence-electron chi connectivity index (χ3n) is 5.51. The van der Waals surface area contributed by atoms with Crippen molar-refractivity contribution < 1.29 is 4.74 Å². The molecule has 0 saturated carbocycles. The summed E-state index contributed by atoms with van der Waals surface area (Å²) >= 11 is 0. The SMILES string of the molecule is Cl.Cl.Nc1ccc(N2CCN(CCC3CCOc4ccccc43)CC2)cc1. The van der Waals surface area contributed by atoms with Crippen LogP contribution in [0, 0.1) is 0 Å². The number of nitrogens with zero attached hydrogens (tertiary/aromatic N) is 2. The van der Waals surface area contributed by atoms with E-state index in [9.17, 15) is 0 Å². The fourth-order valence-electron chi connectivity index (χ4n) is 3.97. The Labute approximate surface area is 174 Å². The molecule has 1 fully saturated rings.